The van der Waals surface area contributed by atoms with Crippen LogP contribution in [-0.2, 0) is 9.47 Å². The van der Waals surface area contributed by atoms with Crippen molar-refractivity contribution in [3.05, 3.63) is 63.5 Å². The highest BCUT2D eigenvalue weighted by Gasteiger charge is 2.27. The molecule has 1 amide bonds. The molecule has 2 aromatic rings. The van der Waals surface area contributed by atoms with Crippen molar-refractivity contribution in [1.29, 1.82) is 0 Å². The molecule has 1 aromatic heterocycles. The molecule has 0 bridgehead atoms. The lowest BCUT2D eigenvalue weighted by atomic mass is 10.1. The fourth-order valence-electron chi connectivity index (χ4n) is 2.26. The number of benzene rings is 1. The van der Waals surface area contributed by atoms with Crippen LogP contribution < -0.4 is 5.32 Å². The molecule has 0 saturated heterocycles. The average Bonchev–Trinajstić information content (AvgIpc) is 2.96. The van der Waals surface area contributed by atoms with Crippen LogP contribution in [0.4, 0.5) is 5.00 Å². The molecule has 8 heteroatoms. The number of nitrogens with one attached hydrogen (secondary N) is 1. The molecule has 0 saturated carbocycles. The van der Waals surface area contributed by atoms with E-state index in [1.807, 2.05) is 0 Å². The van der Waals surface area contributed by atoms with Gasteiger partial charge in [-0.15, -0.1) is 11.3 Å². The van der Waals surface area contributed by atoms with Gasteiger partial charge >= 0.3 is 11.9 Å². The molecule has 0 atom stereocenters. The lowest BCUT2D eigenvalue weighted by Crippen LogP contribution is -2.15. The minimum atomic E-state index is -0.636. The van der Waals surface area contributed by atoms with E-state index in [4.69, 9.17) is 21.1 Å². The van der Waals surface area contributed by atoms with Gasteiger partial charge in [0.2, 0.25) is 0 Å². The van der Waals surface area contributed by atoms with Gasteiger partial charge in [-0.3, -0.25) is 4.79 Å². The Hall–Kier alpha value is -2.64. The molecule has 0 unspecified atom stereocenters. The maximum atomic E-state index is 12.6. The molecule has 27 heavy (non-hydrogen) atoms. The number of carbonyl (C=O) groups is 3. The van der Waals surface area contributed by atoms with Crippen LogP contribution in [0.1, 0.15) is 42.9 Å². The first-order valence-electron chi connectivity index (χ1n) is 8.05. The van der Waals surface area contributed by atoms with Gasteiger partial charge < -0.3 is 14.8 Å². The van der Waals surface area contributed by atoms with Crippen molar-refractivity contribution in [3.8, 4) is 0 Å². The predicted octanol–water partition coefficient (Wildman–Crippen LogP) is 4.48. The number of carbonyl (C=O) groups excluding carboxylic acids is 3. The van der Waals surface area contributed by atoms with Crippen LogP contribution in [0.25, 0.3) is 0 Å². The zero-order chi connectivity index (χ0) is 20.0. The van der Waals surface area contributed by atoms with E-state index in [0.717, 1.165) is 11.3 Å². The van der Waals surface area contributed by atoms with E-state index in [1.165, 1.54) is 6.08 Å². The smallest absolute Gasteiger partial charge is 0.348 e. The molecule has 0 aliphatic carbocycles. The van der Waals surface area contributed by atoms with Crippen LogP contribution >= 0.6 is 22.9 Å². The molecule has 1 aromatic carbocycles. The quantitative estimate of drug-likeness (QED) is 0.540. The van der Waals surface area contributed by atoms with E-state index in [0.29, 0.717) is 5.56 Å². The van der Waals surface area contributed by atoms with Crippen molar-refractivity contribution in [2.45, 2.75) is 13.8 Å². The molecule has 2 rings (SSSR count). The number of thiophene rings is 1. The van der Waals surface area contributed by atoms with E-state index in [2.05, 4.69) is 11.9 Å². The van der Waals surface area contributed by atoms with E-state index < -0.39 is 17.8 Å². The van der Waals surface area contributed by atoms with Crippen molar-refractivity contribution in [2.24, 2.45) is 0 Å². The monoisotopic (exact) mass is 407 g/mol. The highest BCUT2D eigenvalue weighted by molar-refractivity contribution is 7.18. The second-order valence-electron chi connectivity index (χ2n) is 5.30. The first kappa shape index (κ1) is 20.7. The lowest BCUT2D eigenvalue weighted by molar-refractivity contribution is 0.0527. The second kappa shape index (κ2) is 9.34. The molecular weight excluding hydrogens is 390 g/mol. The number of esters is 2. The average molecular weight is 408 g/mol. The third-order valence-electron chi connectivity index (χ3n) is 3.49. The fraction of sp³-hybridized carbons (Fsp3) is 0.211. The number of amides is 1. The van der Waals surface area contributed by atoms with Crippen molar-refractivity contribution in [1.82, 2.24) is 0 Å². The summed E-state index contributed by atoms with van der Waals surface area (Å²) in [6.07, 6.45) is 1.44. The topological polar surface area (TPSA) is 81.7 Å². The second-order valence-corrected chi connectivity index (χ2v) is 6.73. The summed E-state index contributed by atoms with van der Waals surface area (Å²) in [6.45, 7) is 6.94. The lowest BCUT2D eigenvalue weighted by Gasteiger charge is -2.08. The molecule has 1 heterocycles. The van der Waals surface area contributed by atoms with E-state index in [9.17, 15) is 14.4 Å². The van der Waals surface area contributed by atoms with Crippen LogP contribution in [0.5, 0.6) is 0 Å². The van der Waals surface area contributed by atoms with Crippen LogP contribution in [0, 0.1) is 6.92 Å². The molecule has 0 radical (unpaired) electrons. The Balaban J connectivity index is 2.42. The van der Waals surface area contributed by atoms with Crippen molar-refractivity contribution < 1.29 is 23.9 Å². The van der Waals surface area contributed by atoms with Crippen LogP contribution in [0.2, 0.25) is 5.02 Å². The molecule has 142 valence electrons. The molecule has 0 fully saturated rings. The van der Waals surface area contributed by atoms with E-state index >= 15 is 0 Å². The van der Waals surface area contributed by atoms with Gasteiger partial charge in [0.15, 0.2) is 0 Å². The number of ether oxygens (including phenoxy) is 2. The zero-order valence-corrected chi connectivity index (χ0v) is 16.4. The summed E-state index contributed by atoms with van der Waals surface area (Å²) in [6, 6.07) is 6.51. The first-order chi connectivity index (χ1) is 12.9. The van der Waals surface area contributed by atoms with Gasteiger partial charge in [0, 0.05) is 0 Å². The highest BCUT2D eigenvalue weighted by atomic mass is 35.5. The van der Waals surface area contributed by atoms with Crippen LogP contribution in [0.3, 0.4) is 0 Å². The molecule has 6 nitrogen and oxygen atoms in total. The number of rotatable bonds is 7. The Morgan fingerprint density at radius 3 is 2.56 bits per heavy atom. The standard InChI is InChI=1S/C19H18ClNO5S/c1-4-10-26-19(24)15-11(3)14(18(23)25-5-2)17(27-15)21-16(22)12-8-6-7-9-13(12)20/h4,6-9H,1,5,10H2,2-3H3,(H,21,22). The Morgan fingerprint density at radius 2 is 1.93 bits per heavy atom. The maximum absolute atomic E-state index is 12.6. The van der Waals surface area contributed by atoms with Gasteiger partial charge in [-0.25, -0.2) is 9.59 Å². The van der Waals surface area contributed by atoms with Gasteiger partial charge in [-0.05, 0) is 31.5 Å². The van der Waals surface area contributed by atoms with E-state index in [1.54, 1.807) is 38.1 Å². The largest absolute Gasteiger partial charge is 0.462 e. The van der Waals surface area contributed by atoms with Gasteiger partial charge in [0.1, 0.15) is 16.5 Å². The van der Waals surface area contributed by atoms with Crippen molar-refractivity contribution >= 4 is 45.8 Å². The Bertz CT molecular complexity index is 890. The summed E-state index contributed by atoms with van der Waals surface area (Å²) < 4.78 is 10.1. The summed E-state index contributed by atoms with van der Waals surface area (Å²) in [5, 5.41) is 3.11. The highest BCUT2D eigenvalue weighted by Crippen LogP contribution is 2.35. The predicted molar refractivity (Wildman–Crippen MR) is 105 cm³/mol. The van der Waals surface area contributed by atoms with Gasteiger partial charge in [0.05, 0.1) is 22.8 Å². The van der Waals surface area contributed by atoms with Crippen molar-refractivity contribution in [2.75, 3.05) is 18.5 Å². The molecule has 0 aliphatic rings. The Labute approximate surface area is 165 Å². The van der Waals surface area contributed by atoms with Gasteiger partial charge in [-0.2, -0.15) is 0 Å². The maximum Gasteiger partial charge on any atom is 0.348 e. The fourth-order valence-corrected chi connectivity index (χ4v) is 3.57. The van der Waals surface area contributed by atoms with Crippen molar-refractivity contribution in [3.63, 3.8) is 0 Å². The number of anilines is 1. The number of hydrogen-bond acceptors (Lipinski definition) is 6. The SMILES string of the molecule is C=CCOC(=O)c1sc(NC(=O)c2ccccc2Cl)c(C(=O)OCC)c1C. The third kappa shape index (κ3) is 4.75. The summed E-state index contributed by atoms with van der Waals surface area (Å²) in [5.41, 5.74) is 0.741. The molecule has 0 aliphatic heterocycles. The number of hydrogen-bond donors (Lipinski definition) is 1. The Kier molecular flexibility index (Phi) is 7.15. The Morgan fingerprint density at radius 1 is 1.22 bits per heavy atom. The minimum absolute atomic E-state index is 0.0340. The van der Waals surface area contributed by atoms with Crippen LogP contribution in [0.15, 0.2) is 36.9 Å². The molecular formula is C19H18ClNO5S. The number of halogens is 1. The minimum Gasteiger partial charge on any atom is -0.462 e. The van der Waals surface area contributed by atoms with Crippen LogP contribution in [-0.4, -0.2) is 31.1 Å². The normalized spacial score (nSPS) is 10.2. The first-order valence-corrected chi connectivity index (χ1v) is 9.24. The van der Waals surface area contributed by atoms with Gasteiger partial charge in [0.25, 0.3) is 5.91 Å². The molecule has 0 spiro atoms. The summed E-state index contributed by atoms with van der Waals surface area (Å²) >= 11 is 6.99. The molecule has 1 N–H and O–H groups in total. The van der Waals surface area contributed by atoms with E-state index in [-0.39, 0.29) is 39.2 Å². The summed E-state index contributed by atoms with van der Waals surface area (Å²) in [7, 11) is 0. The van der Waals surface area contributed by atoms with Gasteiger partial charge in [-0.1, -0.05) is 36.4 Å². The third-order valence-corrected chi connectivity index (χ3v) is 5.01. The summed E-state index contributed by atoms with van der Waals surface area (Å²) in [5.74, 6) is -1.75. The zero-order valence-electron chi connectivity index (χ0n) is 14.8. The summed E-state index contributed by atoms with van der Waals surface area (Å²) in [4.78, 5) is 37.4.